The van der Waals surface area contributed by atoms with E-state index in [0.29, 0.717) is 25.5 Å². The van der Waals surface area contributed by atoms with Crippen LogP contribution in [-0.4, -0.2) is 44.9 Å². The van der Waals surface area contributed by atoms with Gasteiger partial charge in [-0.25, -0.2) is 4.39 Å². The Morgan fingerprint density at radius 2 is 1.81 bits per heavy atom. The van der Waals surface area contributed by atoms with E-state index in [9.17, 15) is 14.0 Å². The van der Waals surface area contributed by atoms with Crippen LogP contribution in [0.1, 0.15) is 35.2 Å². The lowest BCUT2D eigenvalue weighted by molar-refractivity contribution is -0.121. The molecule has 0 spiro atoms. The summed E-state index contributed by atoms with van der Waals surface area (Å²) in [6.45, 7) is 2.02. The van der Waals surface area contributed by atoms with Crippen molar-refractivity contribution in [3.05, 3.63) is 58.4 Å². The first kappa shape index (κ1) is 22.4. The van der Waals surface area contributed by atoms with Crippen molar-refractivity contribution in [2.75, 3.05) is 33.1 Å². The Balaban J connectivity index is 1.32. The molecule has 2 aliphatic heterocycles. The van der Waals surface area contributed by atoms with Crippen molar-refractivity contribution in [3.63, 3.8) is 0 Å². The van der Waals surface area contributed by atoms with Crippen LogP contribution in [0.5, 0.6) is 11.5 Å². The van der Waals surface area contributed by atoms with Crippen LogP contribution in [0.15, 0.2) is 36.4 Å². The second-order valence-corrected chi connectivity index (χ2v) is 8.27. The van der Waals surface area contributed by atoms with Gasteiger partial charge in [0.05, 0.1) is 10.6 Å². The third kappa shape index (κ3) is 4.97. The first-order valence-electron chi connectivity index (χ1n) is 10.4. The van der Waals surface area contributed by atoms with E-state index in [2.05, 4.69) is 10.6 Å². The molecule has 2 aromatic rings. The van der Waals surface area contributed by atoms with Crippen LogP contribution in [0.2, 0.25) is 5.02 Å². The van der Waals surface area contributed by atoms with E-state index in [1.165, 1.54) is 6.07 Å². The molecule has 7 nitrogen and oxygen atoms in total. The molecular weight excluding hydrogens is 439 g/mol. The minimum Gasteiger partial charge on any atom is -0.454 e. The molecule has 0 atom stereocenters. The fourth-order valence-electron chi connectivity index (χ4n) is 3.97. The Hall–Kier alpha value is -2.84. The van der Waals surface area contributed by atoms with Gasteiger partial charge in [0, 0.05) is 38.1 Å². The topological polar surface area (TPSA) is 85.9 Å². The predicted molar refractivity (Wildman–Crippen MR) is 116 cm³/mol. The number of rotatable bonds is 7. The van der Waals surface area contributed by atoms with E-state index in [4.69, 9.17) is 25.8 Å². The van der Waals surface area contributed by atoms with Gasteiger partial charge in [0.2, 0.25) is 12.7 Å². The number of halogens is 2. The molecular formula is C23H24ClFN2O5. The normalized spacial score (nSPS) is 16.4. The number of carbonyl (C=O) groups excluding carboxylic acids is 2. The van der Waals surface area contributed by atoms with Crippen LogP contribution in [0, 0.1) is 5.82 Å². The largest absolute Gasteiger partial charge is 0.454 e. The number of amides is 2. The molecule has 0 bridgehead atoms. The Labute approximate surface area is 190 Å². The third-order valence-electron chi connectivity index (χ3n) is 5.87. The third-order valence-corrected chi connectivity index (χ3v) is 6.18. The summed E-state index contributed by atoms with van der Waals surface area (Å²) in [5, 5.41) is 5.66. The molecule has 32 heavy (non-hydrogen) atoms. The molecule has 1 saturated heterocycles. The predicted octanol–water partition coefficient (Wildman–Crippen LogP) is 3.19. The zero-order chi connectivity index (χ0) is 22.6. The zero-order valence-corrected chi connectivity index (χ0v) is 18.2. The Bertz CT molecular complexity index is 1010. The lowest BCUT2D eigenvalue weighted by atomic mass is 9.74. The average Bonchev–Trinajstić information content (AvgIpc) is 3.26. The van der Waals surface area contributed by atoms with Gasteiger partial charge in [-0.2, -0.15) is 0 Å². The first-order chi connectivity index (χ1) is 15.5. The van der Waals surface area contributed by atoms with E-state index < -0.39 is 11.7 Å². The van der Waals surface area contributed by atoms with Gasteiger partial charge in [-0.15, -0.1) is 0 Å². The molecule has 0 aliphatic carbocycles. The summed E-state index contributed by atoms with van der Waals surface area (Å²) in [4.78, 5) is 24.7. The monoisotopic (exact) mass is 462 g/mol. The maximum atomic E-state index is 13.1. The standard InChI is InChI=1S/C23H24ClFN2O5/c24-18-12-16(25)2-3-17(18)22(29)26-8-5-21(28)27-13-23(6-9-30-10-7-23)15-1-4-19-20(11-15)32-14-31-19/h1-4,11-12H,5-10,13-14H2,(H,26,29)(H,27,28). The van der Waals surface area contributed by atoms with Gasteiger partial charge in [0.1, 0.15) is 5.82 Å². The van der Waals surface area contributed by atoms with Crippen molar-refractivity contribution in [2.45, 2.75) is 24.7 Å². The molecule has 1 fully saturated rings. The lowest BCUT2D eigenvalue weighted by Crippen LogP contribution is -2.45. The van der Waals surface area contributed by atoms with Crippen molar-refractivity contribution in [1.82, 2.24) is 10.6 Å². The lowest BCUT2D eigenvalue weighted by Gasteiger charge is -2.38. The van der Waals surface area contributed by atoms with Gasteiger partial charge in [-0.1, -0.05) is 17.7 Å². The summed E-state index contributed by atoms with van der Waals surface area (Å²) in [7, 11) is 0. The number of benzene rings is 2. The Kier molecular flexibility index (Phi) is 6.81. The highest BCUT2D eigenvalue weighted by molar-refractivity contribution is 6.33. The van der Waals surface area contributed by atoms with E-state index >= 15 is 0 Å². The van der Waals surface area contributed by atoms with Crippen molar-refractivity contribution in [1.29, 1.82) is 0 Å². The first-order valence-corrected chi connectivity index (χ1v) is 10.8. The van der Waals surface area contributed by atoms with Crippen LogP contribution in [0.25, 0.3) is 0 Å². The number of hydrogen-bond donors (Lipinski definition) is 2. The molecule has 2 aliphatic rings. The minimum atomic E-state index is -0.518. The molecule has 9 heteroatoms. The van der Waals surface area contributed by atoms with Gasteiger partial charge in [0.15, 0.2) is 11.5 Å². The maximum Gasteiger partial charge on any atom is 0.252 e. The molecule has 2 amide bonds. The highest BCUT2D eigenvalue weighted by Crippen LogP contribution is 2.40. The fourth-order valence-corrected chi connectivity index (χ4v) is 4.22. The smallest absolute Gasteiger partial charge is 0.252 e. The maximum absolute atomic E-state index is 13.1. The van der Waals surface area contributed by atoms with Gasteiger partial charge in [0.25, 0.3) is 5.91 Å². The van der Waals surface area contributed by atoms with Gasteiger partial charge < -0.3 is 24.8 Å². The van der Waals surface area contributed by atoms with Crippen molar-refractivity contribution in [2.24, 2.45) is 0 Å². The van der Waals surface area contributed by atoms with Gasteiger partial charge in [-0.05, 0) is 48.7 Å². The van der Waals surface area contributed by atoms with Crippen LogP contribution >= 0.6 is 11.6 Å². The number of fused-ring (bicyclic) bond motifs is 1. The van der Waals surface area contributed by atoms with Gasteiger partial charge >= 0.3 is 0 Å². The number of nitrogens with one attached hydrogen (secondary N) is 2. The summed E-state index contributed by atoms with van der Waals surface area (Å²) in [5.74, 6) is 0.278. The summed E-state index contributed by atoms with van der Waals surface area (Å²) in [6, 6.07) is 9.44. The Morgan fingerprint density at radius 1 is 1.03 bits per heavy atom. The summed E-state index contributed by atoms with van der Waals surface area (Å²) in [6.07, 6.45) is 1.65. The highest BCUT2D eigenvalue weighted by atomic mass is 35.5. The molecule has 2 aromatic carbocycles. The quantitative estimate of drug-likeness (QED) is 0.660. The van der Waals surface area contributed by atoms with Crippen LogP contribution in [0.4, 0.5) is 4.39 Å². The van der Waals surface area contributed by atoms with Crippen LogP contribution in [-0.2, 0) is 14.9 Å². The summed E-state index contributed by atoms with van der Waals surface area (Å²) >= 11 is 5.90. The van der Waals surface area contributed by atoms with E-state index in [1.54, 1.807) is 0 Å². The molecule has 0 radical (unpaired) electrons. The molecule has 170 valence electrons. The average molecular weight is 463 g/mol. The SMILES string of the molecule is O=C(CCNC(=O)c1ccc(F)cc1Cl)NCC1(c2ccc3c(c2)OCO3)CCOCC1. The van der Waals surface area contributed by atoms with Crippen molar-refractivity contribution in [3.8, 4) is 11.5 Å². The molecule has 4 rings (SSSR count). The molecule has 0 saturated carbocycles. The van der Waals surface area contributed by atoms with E-state index in [0.717, 1.165) is 36.3 Å². The number of ether oxygens (including phenoxy) is 3. The summed E-state index contributed by atoms with van der Waals surface area (Å²) in [5.41, 5.74) is 0.974. The van der Waals surface area contributed by atoms with E-state index in [1.807, 2.05) is 18.2 Å². The molecule has 0 aromatic heterocycles. The van der Waals surface area contributed by atoms with Crippen LogP contribution < -0.4 is 20.1 Å². The highest BCUT2D eigenvalue weighted by Gasteiger charge is 2.36. The summed E-state index contributed by atoms with van der Waals surface area (Å²) < 4.78 is 29.6. The number of hydrogen-bond acceptors (Lipinski definition) is 5. The Morgan fingerprint density at radius 3 is 2.59 bits per heavy atom. The molecule has 2 heterocycles. The molecule has 2 N–H and O–H groups in total. The van der Waals surface area contributed by atoms with Crippen molar-refractivity contribution < 1.29 is 28.2 Å². The zero-order valence-electron chi connectivity index (χ0n) is 17.4. The van der Waals surface area contributed by atoms with E-state index in [-0.39, 0.29) is 41.7 Å². The second kappa shape index (κ2) is 9.75. The van der Waals surface area contributed by atoms with Crippen LogP contribution in [0.3, 0.4) is 0 Å². The van der Waals surface area contributed by atoms with Gasteiger partial charge in [-0.3, -0.25) is 9.59 Å². The second-order valence-electron chi connectivity index (χ2n) is 7.87. The molecule has 0 unspecified atom stereocenters. The minimum absolute atomic E-state index is 0.0251. The number of carbonyl (C=O) groups is 2. The van der Waals surface area contributed by atoms with Crippen molar-refractivity contribution >= 4 is 23.4 Å². The fraction of sp³-hybridized carbons (Fsp3) is 0.391.